The molecule has 1 N–H and O–H groups in total. The van der Waals surface area contributed by atoms with Gasteiger partial charge in [-0.3, -0.25) is 4.79 Å². The Morgan fingerprint density at radius 3 is 2.56 bits per heavy atom. The summed E-state index contributed by atoms with van der Waals surface area (Å²) in [6.07, 6.45) is 1.57. The van der Waals surface area contributed by atoms with E-state index in [2.05, 4.69) is 26.2 Å². The summed E-state index contributed by atoms with van der Waals surface area (Å²) in [4.78, 5) is 15.9. The van der Waals surface area contributed by atoms with Crippen molar-refractivity contribution in [2.75, 3.05) is 5.32 Å². The highest BCUT2D eigenvalue weighted by molar-refractivity contribution is 9.10. The molecule has 2 rings (SSSR count). The third-order valence-corrected chi connectivity index (χ3v) is 3.24. The number of pyridine rings is 1. The van der Waals surface area contributed by atoms with E-state index < -0.39 is 5.38 Å². The number of alkyl halides is 1. The molecule has 18 heavy (non-hydrogen) atoms. The lowest BCUT2D eigenvalue weighted by Gasteiger charge is -2.10. The number of aromatic nitrogens is 1. The van der Waals surface area contributed by atoms with Crippen LogP contribution in [0.25, 0.3) is 0 Å². The first-order valence-electron chi connectivity index (χ1n) is 5.28. The van der Waals surface area contributed by atoms with Crippen LogP contribution in [0.1, 0.15) is 10.9 Å². The largest absolute Gasteiger partial charge is 0.323 e. The minimum atomic E-state index is -0.713. The van der Waals surface area contributed by atoms with Gasteiger partial charge in [0.15, 0.2) is 0 Å². The van der Waals surface area contributed by atoms with Gasteiger partial charge < -0.3 is 5.32 Å². The average Bonchev–Trinajstić information content (AvgIpc) is 2.41. The van der Waals surface area contributed by atoms with Crippen LogP contribution in [-0.4, -0.2) is 10.9 Å². The summed E-state index contributed by atoms with van der Waals surface area (Å²) in [6.45, 7) is 0. The molecule has 0 aliphatic heterocycles. The first-order chi connectivity index (χ1) is 8.66. The van der Waals surface area contributed by atoms with Crippen LogP contribution < -0.4 is 5.32 Å². The third-order valence-electron chi connectivity index (χ3n) is 2.32. The Morgan fingerprint density at radius 1 is 1.22 bits per heavy atom. The van der Waals surface area contributed by atoms with E-state index in [1.165, 1.54) is 0 Å². The lowest BCUT2D eigenvalue weighted by molar-refractivity contribution is -0.116. The van der Waals surface area contributed by atoms with Crippen molar-refractivity contribution in [1.82, 2.24) is 4.98 Å². The van der Waals surface area contributed by atoms with E-state index in [-0.39, 0.29) is 5.91 Å². The summed E-state index contributed by atoms with van der Waals surface area (Å²) >= 11 is 9.32. The zero-order valence-electron chi connectivity index (χ0n) is 9.31. The van der Waals surface area contributed by atoms with Gasteiger partial charge in [-0.1, -0.05) is 30.3 Å². The smallest absolute Gasteiger partial charge is 0.247 e. The number of hydrogen-bond donors (Lipinski definition) is 1. The number of nitrogens with zero attached hydrogens (tertiary/aromatic N) is 1. The molecule has 0 saturated carbocycles. The average molecular weight is 326 g/mol. The minimum absolute atomic E-state index is 0.271. The van der Waals surface area contributed by atoms with E-state index in [0.29, 0.717) is 10.3 Å². The van der Waals surface area contributed by atoms with Gasteiger partial charge in [-0.2, -0.15) is 0 Å². The molecule has 5 heteroatoms. The number of carbonyl (C=O) groups is 1. The third kappa shape index (κ3) is 3.31. The van der Waals surface area contributed by atoms with Gasteiger partial charge >= 0.3 is 0 Å². The fourth-order valence-electron chi connectivity index (χ4n) is 1.43. The molecule has 2 aromatic rings. The predicted molar refractivity (Wildman–Crippen MR) is 75.6 cm³/mol. The van der Waals surface area contributed by atoms with E-state index in [4.69, 9.17) is 11.6 Å². The maximum atomic E-state index is 11.9. The van der Waals surface area contributed by atoms with Crippen LogP contribution >= 0.6 is 27.5 Å². The summed E-state index contributed by atoms with van der Waals surface area (Å²) in [5.74, 6) is -0.271. The fourth-order valence-corrected chi connectivity index (χ4v) is 1.86. The molecule has 92 valence electrons. The van der Waals surface area contributed by atoms with E-state index in [1.807, 2.05) is 30.3 Å². The van der Waals surface area contributed by atoms with Crippen molar-refractivity contribution in [2.45, 2.75) is 5.38 Å². The van der Waals surface area contributed by atoms with Gasteiger partial charge in [-0.15, -0.1) is 11.6 Å². The molecule has 1 aromatic heterocycles. The van der Waals surface area contributed by atoms with Gasteiger partial charge in [0.2, 0.25) is 5.91 Å². The number of anilines is 1. The summed E-state index contributed by atoms with van der Waals surface area (Å²) < 4.78 is 0.714. The van der Waals surface area contributed by atoms with E-state index in [0.717, 1.165) is 5.56 Å². The van der Waals surface area contributed by atoms with Crippen LogP contribution in [-0.2, 0) is 4.79 Å². The maximum Gasteiger partial charge on any atom is 0.247 e. The van der Waals surface area contributed by atoms with Crippen molar-refractivity contribution in [2.24, 2.45) is 0 Å². The van der Waals surface area contributed by atoms with E-state index in [9.17, 15) is 4.79 Å². The zero-order chi connectivity index (χ0) is 13.0. The summed E-state index contributed by atoms with van der Waals surface area (Å²) in [5.41, 5.74) is 1.38. The number of carbonyl (C=O) groups excluding carboxylic acids is 1. The van der Waals surface area contributed by atoms with E-state index in [1.54, 1.807) is 18.3 Å². The van der Waals surface area contributed by atoms with Gasteiger partial charge in [0.05, 0.1) is 11.9 Å². The van der Waals surface area contributed by atoms with Crippen molar-refractivity contribution in [1.29, 1.82) is 0 Å². The highest BCUT2D eigenvalue weighted by atomic mass is 79.9. The predicted octanol–water partition coefficient (Wildman–Crippen LogP) is 3.76. The molecule has 3 nitrogen and oxygen atoms in total. The maximum absolute atomic E-state index is 11.9. The number of nitrogens with one attached hydrogen (secondary N) is 1. The van der Waals surface area contributed by atoms with Crippen LogP contribution in [0, 0.1) is 0 Å². The SMILES string of the molecule is O=C(Nc1ccc(Br)nc1)C(Cl)c1ccccc1. The molecule has 0 aliphatic rings. The fraction of sp³-hybridized carbons (Fsp3) is 0.0769. The second-order valence-corrected chi connectivity index (χ2v) is 4.88. The molecule has 0 fully saturated rings. The van der Waals surface area contributed by atoms with Gasteiger partial charge in [0.1, 0.15) is 9.98 Å². The highest BCUT2D eigenvalue weighted by Crippen LogP contribution is 2.22. The van der Waals surface area contributed by atoms with E-state index >= 15 is 0 Å². The van der Waals surface area contributed by atoms with Crippen LogP contribution in [0.2, 0.25) is 0 Å². The van der Waals surface area contributed by atoms with Crippen molar-refractivity contribution >= 4 is 39.1 Å². The Labute approximate surface area is 118 Å². The van der Waals surface area contributed by atoms with Crippen molar-refractivity contribution in [3.8, 4) is 0 Å². The lowest BCUT2D eigenvalue weighted by atomic mass is 10.1. The molecular formula is C13H10BrClN2O. The molecule has 0 bridgehead atoms. The summed E-state index contributed by atoms with van der Waals surface area (Å²) in [5, 5.41) is 2.00. The molecule has 1 unspecified atom stereocenters. The standard InChI is InChI=1S/C13H10BrClN2O/c14-11-7-6-10(8-16-11)17-13(18)12(15)9-4-2-1-3-5-9/h1-8,12H,(H,17,18). The van der Waals surface area contributed by atoms with Crippen molar-refractivity contribution < 1.29 is 4.79 Å². The Morgan fingerprint density at radius 2 is 1.94 bits per heavy atom. The monoisotopic (exact) mass is 324 g/mol. The Hall–Kier alpha value is -1.39. The Bertz CT molecular complexity index is 530. The second kappa shape index (κ2) is 5.98. The van der Waals surface area contributed by atoms with Gasteiger partial charge in [-0.05, 0) is 33.6 Å². The van der Waals surface area contributed by atoms with Crippen LogP contribution in [0.4, 0.5) is 5.69 Å². The molecule has 0 radical (unpaired) electrons. The van der Waals surface area contributed by atoms with Crippen LogP contribution in [0.3, 0.4) is 0 Å². The molecular weight excluding hydrogens is 316 g/mol. The number of rotatable bonds is 3. The normalized spacial score (nSPS) is 11.9. The van der Waals surface area contributed by atoms with Gasteiger partial charge in [-0.25, -0.2) is 4.98 Å². The molecule has 1 heterocycles. The van der Waals surface area contributed by atoms with Gasteiger partial charge in [0.25, 0.3) is 0 Å². The second-order valence-electron chi connectivity index (χ2n) is 3.63. The number of amides is 1. The first-order valence-corrected chi connectivity index (χ1v) is 6.51. The summed E-state index contributed by atoms with van der Waals surface area (Å²) in [6, 6.07) is 12.7. The molecule has 1 aromatic carbocycles. The van der Waals surface area contributed by atoms with Crippen molar-refractivity contribution in [3.05, 3.63) is 58.8 Å². The zero-order valence-corrected chi connectivity index (χ0v) is 11.6. The lowest BCUT2D eigenvalue weighted by Crippen LogP contribution is -2.17. The molecule has 0 aliphatic carbocycles. The van der Waals surface area contributed by atoms with Crippen LogP contribution in [0.5, 0.6) is 0 Å². The highest BCUT2D eigenvalue weighted by Gasteiger charge is 2.17. The molecule has 1 atom stereocenters. The quantitative estimate of drug-likeness (QED) is 0.689. The Balaban J connectivity index is 2.06. The molecule has 0 saturated heterocycles. The number of halogens is 2. The van der Waals surface area contributed by atoms with Gasteiger partial charge in [0, 0.05) is 0 Å². The van der Waals surface area contributed by atoms with Crippen molar-refractivity contribution in [3.63, 3.8) is 0 Å². The van der Waals surface area contributed by atoms with Crippen LogP contribution in [0.15, 0.2) is 53.3 Å². The first kappa shape index (κ1) is 13.1. The summed E-state index contributed by atoms with van der Waals surface area (Å²) in [7, 11) is 0. The number of hydrogen-bond acceptors (Lipinski definition) is 2. The topological polar surface area (TPSA) is 42.0 Å². The minimum Gasteiger partial charge on any atom is -0.323 e. The molecule has 1 amide bonds. The molecule has 0 spiro atoms. The number of benzene rings is 1. The Kier molecular flexibility index (Phi) is 4.33.